The number of carbonyl (C=O) groups is 2. The number of ether oxygens (including phenoxy) is 1. The number of likely N-dealkylation sites (tertiary alicyclic amines) is 1. The molecule has 0 aliphatic carbocycles. The molecule has 0 radical (unpaired) electrons. The number of rotatable bonds is 7. The number of halogens is 1. The molecule has 1 aliphatic heterocycles. The smallest absolute Gasteiger partial charge is 0.223 e. The second kappa shape index (κ2) is 8.78. The van der Waals surface area contributed by atoms with Crippen LogP contribution in [-0.2, 0) is 4.79 Å². The van der Waals surface area contributed by atoms with Crippen molar-refractivity contribution < 1.29 is 18.7 Å². The number of benzene rings is 1. The van der Waals surface area contributed by atoms with E-state index in [1.165, 1.54) is 19.2 Å². The van der Waals surface area contributed by atoms with E-state index < -0.39 is 5.82 Å². The van der Waals surface area contributed by atoms with Gasteiger partial charge in [0, 0.05) is 31.5 Å². The number of Topliss-reactive ketones (excluding diaryl/α,β-unsaturated/α-hetero) is 1. The first-order valence-corrected chi connectivity index (χ1v) is 8.34. The first-order valence-electron chi connectivity index (χ1n) is 8.34. The molecular weight excluding hydrogens is 311 g/mol. The van der Waals surface area contributed by atoms with E-state index >= 15 is 0 Å². The molecule has 132 valence electrons. The number of methoxy groups -OCH3 is 1. The Bertz CT molecular complexity index is 590. The summed E-state index contributed by atoms with van der Waals surface area (Å²) in [6.07, 6.45) is 2.38. The molecule has 2 rings (SSSR count). The van der Waals surface area contributed by atoms with Crippen molar-refractivity contribution in [2.24, 2.45) is 5.92 Å². The van der Waals surface area contributed by atoms with Gasteiger partial charge < -0.3 is 15.0 Å². The molecule has 0 aromatic heterocycles. The van der Waals surface area contributed by atoms with Crippen molar-refractivity contribution in [3.8, 4) is 5.75 Å². The van der Waals surface area contributed by atoms with Gasteiger partial charge in [-0.25, -0.2) is 4.39 Å². The van der Waals surface area contributed by atoms with Crippen LogP contribution in [0.25, 0.3) is 0 Å². The maximum Gasteiger partial charge on any atom is 0.223 e. The first-order chi connectivity index (χ1) is 11.5. The lowest BCUT2D eigenvalue weighted by Crippen LogP contribution is -2.42. The van der Waals surface area contributed by atoms with E-state index in [2.05, 4.69) is 5.32 Å². The molecule has 1 atom stereocenters. The lowest BCUT2D eigenvalue weighted by Gasteiger charge is -2.32. The summed E-state index contributed by atoms with van der Waals surface area (Å²) >= 11 is 0. The van der Waals surface area contributed by atoms with Crippen LogP contribution in [0, 0.1) is 11.7 Å². The van der Waals surface area contributed by atoms with E-state index in [0.717, 1.165) is 38.5 Å². The van der Waals surface area contributed by atoms with Gasteiger partial charge in [0.2, 0.25) is 5.91 Å². The van der Waals surface area contributed by atoms with Crippen LogP contribution >= 0.6 is 0 Å². The molecule has 0 bridgehead atoms. The van der Waals surface area contributed by atoms with Gasteiger partial charge in [-0.2, -0.15) is 0 Å². The zero-order chi connectivity index (χ0) is 17.5. The van der Waals surface area contributed by atoms with E-state index in [0.29, 0.717) is 5.92 Å². The molecule has 1 heterocycles. The Morgan fingerprint density at radius 3 is 2.83 bits per heavy atom. The van der Waals surface area contributed by atoms with Gasteiger partial charge in [-0.3, -0.25) is 9.59 Å². The van der Waals surface area contributed by atoms with Gasteiger partial charge in [-0.1, -0.05) is 0 Å². The molecule has 1 aliphatic rings. The molecule has 6 heteroatoms. The summed E-state index contributed by atoms with van der Waals surface area (Å²) in [7, 11) is 3.28. The van der Waals surface area contributed by atoms with Crippen molar-refractivity contribution >= 4 is 11.7 Å². The topological polar surface area (TPSA) is 58.6 Å². The Morgan fingerprint density at radius 1 is 1.38 bits per heavy atom. The number of piperidine rings is 1. The number of carbonyl (C=O) groups excluding carboxylic acids is 2. The zero-order valence-electron chi connectivity index (χ0n) is 14.3. The Morgan fingerprint density at radius 2 is 2.17 bits per heavy atom. The van der Waals surface area contributed by atoms with Gasteiger partial charge in [0.1, 0.15) is 0 Å². The fraction of sp³-hybridized carbons (Fsp3) is 0.556. The second-order valence-electron chi connectivity index (χ2n) is 6.18. The van der Waals surface area contributed by atoms with Crippen LogP contribution in [0.5, 0.6) is 5.75 Å². The fourth-order valence-corrected chi connectivity index (χ4v) is 3.11. The molecule has 1 aromatic rings. The highest BCUT2D eigenvalue weighted by molar-refractivity contribution is 5.98. The Labute approximate surface area is 142 Å². The van der Waals surface area contributed by atoms with Crippen molar-refractivity contribution in [2.45, 2.75) is 25.7 Å². The molecule has 24 heavy (non-hydrogen) atoms. The van der Waals surface area contributed by atoms with Gasteiger partial charge >= 0.3 is 0 Å². The third-order valence-electron chi connectivity index (χ3n) is 4.40. The summed E-state index contributed by atoms with van der Waals surface area (Å²) in [4.78, 5) is 26.3. The summed E-state index contributed by atoms with van der Waals surface area (Å²) < 4.78 is 18.5. The number of hydrogen-bond donors (Lipinski definition) is 1. The minimum Gasteiger partial charge on any atom is -0.494 e. The van der Waals surface area contributed by atoms with Gasteiger partial charge in [0.05, 0.1) is 7.11 Å². The summed E-state index contributed by atoms with van der Waals surface area (Å²) in [5.74, 6) is -0.224. The lowest BCUT2D eigenvalue weighted by atomic mass is 9.97. The zero-order valence-corrected chi connectivity index (χ0v) is 14.3. The number of amides is 1. The average molecular weight is 336 g/mol. The Hall–Kier alpha value is -1.95. The van der Waals surface area contributed by atoms with Gasteiger partial charge in [0.15, 0.2) is 17.3 Å². The van der Waals surface area contributed by atoms with E-state index in [9.17, 15) is 14.0 Å². The molecule has 1 aromatic carbocycles. The predicted molar refractivity (Wildman–Crippen MR) is 89.7 cm³/mol. The average Bonchev–Trinajstić information content (AvgIpc) is 2.59. The molecule has 1 amide bonds. The van der Waals surface area contributed by atoms with E-state index in [1.807, 2.05) is 11.9 Å². The van der Waals surface area contributed by atoms with Crippen molar-refractivity contribution in [3.63, 3.8) is 0 Å². The predicted octanol–water partition coefficient (Wildman–Crippen LogP) is 2.26. The normalized spacial score (nSPS) is 17.6. The van der Waals surface area contributed by atoms with Crippen LogP contribution in [0.3, 0.4) is 0 Å². The maximum atomic E-state index is 13.7. The Balaban J connectivity index is 1.86. The standard InChI is InChI=1S/C18H25FN2O3/c1-20-11-13-4-3-9-21(12-13)18(23)8-6-16(22)14-5-7-17(24-2)15(19)10-14/h5,7,10,13,20H,3-4,6,8-9,11-12H2,1-2H3. The number of hydrogen-bond acceptors (Lipinski definition) is 4. The van der Waals surface area contributed by atoms with Gasteiger partial charge in [-0.05, 0) is 50.6 Å². The lowest BCUT2D eigenvalue weighted by molar-refractivity contribution is -0.132. The molecule has 1 saturated heterocycles. The highest BCUT2D eigenvalue weighted by Crippen LogP contribution is 2.20. The van der Waals surface area contributed by atoms with E-state index in [-0.39, 0.29) is 35.8 Å². The number of ketones is 1. The third-order valence-corrected chi connectivity index (χ3v) is 4.40. The number of nitrogens with zero attached hydrogens (tertiary/aromatic N) is 1. The molecular formula is C18H25FN2O3. The van der Waals surface area contributed by atoms with Crippen LogP contribution in [0.1, 0.15) is 36.0 Å². The molecule has 1 unspecified atom stereocenters. The molecule has 1 N–H and O–H groups in total. The highest BCUT2D eigenvalue weighted by Gasteiger charge is 2.23. The van der Waals surface area contributed by atoms with Crippen LogP contribution in [0.4, 0.5) is 4.39 Å². The van der Waals surface area contributed by atoms with Crippen molar-refractivity contribution in [3.05, 3.63) is 29.6 Å². The largest absolute Gasteiger partial charge is 0.494 e. The van der Waals surface area contributed by atoms with Crippen LogP contribution in [0.2, 0.25) is 0 Å². The van der Waals surface area contributed by atoms with Crippen molar-refractivity contribution in [1.82, 2.24) is 10.2 Å². The summed E-state index contributed by atoms with van der Waals surface area (Å²) in [5.41, 5.74) is 0.271. The monoisotopic (exact) mass is 336 g/mol. The molecule has 0 spiro atoms. The Kier molecular flexibility index (Phi) is 6.73. The van der Waals surface area contributed by atoms with Crippen LogP contribution in [0.15, 0.2) is 18.2 Å². The van der Waals surface area contributed by atoms with E-state index in [4.69, 9.17) is 4.74 Å². The van der Waals surface area contributed by atoms with Crippen LogP contribution in [-0.4, -0.2) is 50.4 Å². The van der Waals surface area contributed by atoms with Gasteiger partial charge in [0.25, 0.3) is 0 Å². The quantitative estimate of drug-likeness (QED) is 0.776. The SMILES string of the molecule is CNCC1CCCN(C(=O)CCC(=O)c2ccc(OC)c(F)c2)C1. The summed E-state index contributed by atoms with van der Waals surface area (Å²) in [6, 6.07) is 4.12. The number of nitrogens with one attached hydrogen (secondary N) is 1. The third kappa shape index (κ3) is 4.77. The van der Waals surface area contributed by atoms with E-state index in [1.54, 1.807) is 0 Å². The highest BCUT2D eigenvalue weighted by atomic mass is 19.1. The second-order valence-corrected chi connectivity index (χ2v) is 6.18. The molecule has 0 saturated carbocycles. The fourth-order valence-electron chi connectivity index (χ4n) is 3.11. The minimum atomic E-state index is -0.569. The van der Waals surface area contributed by atoms with Crippen LogP contribution < -0.4 is 10.1 Å². The van der Waals surface area contributed by atoms with Gasteiger partial charge in [-0.15, -0.1) is 0 Å². The minimum absolute atomic E-state index is 0.00173. The summed E-state index contributed by atoms with van der Waals surface area (Å²) in [5, 5.41) is 3.15. The van der Waals surface area contributed by atoms with Crippen molar-refractivity contribution in [2.75, 3.05) is 33.8 Å². The summed E-state index contributed by atoms with van der Waals surface area (Å²) in [6.45, 7) is 2.39. The maximum absolute atomic E-state index is 13.7. The molecule has 1 fully saturated rings. The van der Waals surface area contributed by atoms with Crippen molar-refractivity contribution in [1.29, 1.82) is 0 Å². The first kappa shape index (κ1) is 18.4. The molecule has 5 nitrogen and oxygen atoms in total.